The van der Waals surface area contributed by atoms with Crippen molar-refractivity contribution in [1.29, 1.82) is 0 Å². The van der Waals surface area contributed by atoms with Crippen molar-refractivity contribution >= 4 is 28.0 Å². The summed E-state index contributed by atoms with van der Waals surface area (Å²) in [6.45, 7) is 0. The lowest BCUT2D eigenvalue weighted by molar-refractivity contribution is 0.474. The number of hydrogen-bond donors (Lipinski definition) is 2. The Morgan fingerprint density at radius 1 is 1.29 bits per heavy atom. The quantitative estimate of drug-likeness (QED) is 0.675. The third-order valence-electron chi connectivity index (χ3n) is 2.04. The van der Waals surface area contributed by atoms with Crippen LogP contribution in [0.1, 0.15) is 5.56 Å². The second-order valence-corrected chi connectivity index (χ2v) is 4.20. The van der Waals surface area contributed by atoms with Gasteiger partial charge in [0.15, 0.2) is 0 Å². The van der Waals surface area contributed by atoms with Gasteiger partial charge in [0, 0.05) is 16.2 Å². The molecule has 0 aliphatic carbocycles. The zero-order chi connectivity index (χ0) is 12.1. The second-order valence-electron chi connectivity index (χ2n) is 3.29. The lowest BCUT2D eigenvalue weighted by Crippen LogP contribution is -1.92. The molecule has 5 heteroatoms. The van der Waals surface area contributed by atoms with Crippen molar-refractivity contribution in [3.8, 4) is 5.75 Å². The predicted octanol–water partition coefficient (Wildman–Crippen LogP) is 3.00. The van der Waals surface area contributed by atoms with Gasteiger partial charge in [0.05, 0.1) is 6.21 Å². The van der Waals surface area contributed by atoms with Crippen LogP contribution in [0.15, 0.2) is 52.2 Å². The van der Waals surface area contributed by atoms with Gasteiger partial charge in [0.2, 0.25) is 0 Å². The molecule has 0 unspecified atom stereocenters. The fraction of sp³-hybridized carbons (Fsp3) is 0. The lowest BCUT2D eigenvalue weighted by atomic mass is 10.2. The molecule has 0 saturated heterocycles. The number of rotatable bonds is 3. The fourth-order valence-corrected chi connectivity index (χ4v) is 1.57. The van der Waals surface area contributed by atoms with Gasteiger partial charge in [-0.15, -0.1) is 0 Å². The number of halogens is 1. The van der Waals surface area contributed by atoms with Crippen molar-refractivity contribution < 1.29 is 5.11 Å². The van der Waals surface area contributed by atoms with Crippen LogP contribution in [0, 0.1) is 0 Å². The fourth-order valence-electron chi connectivity index (χ4n) is 1.22. The summed E-state index contributed by atoms with van der Waals surface area (Å²) in [4.78, 5) is 4.05. The van der Waals surface area contributed by atoms with E-state index in [0.717, 1.165) is 4.47 Å². The molecule has 0 radical (unpaired) electrons. The van der Waals surface area contributed by atoms with E-state index in [1.165, 1.54) is 6.21 Å². The topological polar surface area (TPSA) is 57.5 Å². The number of nitrogens with one attached hydrogen (secondary N) is 1. The van der Waals surface area contributed by atoms with E-state index in [2.05, 4.69) is 31.4 Å². The zero-order valence-electron chi connectivity index (χ0n) is 8.84. The number of aromatic nitrogens is 1. The molecule has 2 aromatic rings. The normalized spacial score (nSPS) is 10.6. The van der Waals surface area contributed by atoms with Gasteiger partial charge in [-0.3, -0.25) is 5.43 Å². The number of benzene rings is 1. The zero-order valence-corrected chi connectivity index (χ0v) is 10.4. The Morgan fingerprint density at radius 3 is 2.88 bits per heavy atom. The van der Waals surface area contributed by atoms with E-state index in [9.17, 15) is 5.11 Å². The summed E-state index contributed by atoms with van der Waals surface area (Å²) in [5, 5.41) is 13.6. The van der Waals surface area contributed by atoms with Gasteiger partial charge in [-0.05, 0) is 30.3 Å². The molecule has 2 N–H and O–H groups in total. The van der Waals surface area contributed by atoms with Gasteiger partial charge in [0.25, 0.3) is 0 Å². The number of hydrogen-bond acceptors (Lipinski definition) is 4. The van der Waals surface area contributed by atoms with Gasteiger partial charge in [-0.25, -0.2) is 4.98 Å². The van der Waals surface area contributed by atoms with Gasteiger partial charge in [0.1, 0.15) is 11.6 Å². The van der Waals surface area contributed by atoms with Crippen LogP contribution in [0.5, 0.6) is 5.75 Å². The molecule has 0 bridgehead atoms. The summed E-state index contributed by atoms with van der Waals surface area (Å²) >= 11 is 3.27. The summed E-state index contributed by atoms with van der Waals surface area (Å²) in [6.07, 6.45) is 3.21. The molecule has 1 heterocycles. The van der Waals surface area contributed by atoms with E-state index < -0.39 is 0 Å². The second kappa shape index (κ2) is 5.45. The van der Waals surface area contributed by atoms with Crippen LogP contribution >= 0.6 is 15.9 Å². The molecule has 1 aromatic heterocycles. The molecule has 0 aliphatic heterocycles. The van der Waals surface area contributed by atoms with Crippen LogP contribution in [-0.2, 0) is 0 Å². The van der Waals surface area contributed by atoms with E-state index in [0.29, 0.717) is 11.4 Å². The minimum absolute atomic E-state index is 0.172. The third-order valence-corrected chi connectivity index (χ3v) is 2.53. The first-order chi connectivity index (χ1) is 8.25. The first-order valence-electron chi connectivity index (χ1n) is 4.94. The molecule has 86 valence electrons. The van der Waals surface area contributed by atoms with Crippen LogP contribution in [0.3, 0.4) is 0 Å². The lowest BCUT2D eigenvalue weighted by Gasteiger charge is -2.00. The van der Waals surface area contributed by atoms with Gasteiger partial charge in [-0.2, -0.15) is 5.10 Å². The van der Waals surface area contributed by atoms with Crippen LogP contribution < -0.4 is 5.43 Å². The summed E-state index contributed by atoms with van der Waals surface area (Å²) < 4.78 is 0.824. The highest BCUT2D eigenvalue weighted by Crippen LogP contribution is 2.20. The molecule has 0 fully saturated rings. The smallest absolute Gasteiger partial charge is 0.146 e. The maximum atomic E-state index is 9.62. The highest BCUT2D eigenvalue weighted by molar-refractivity contribution is 9.10. The Labute approximate surface area is 107 Å². The Kier molecular flexibility index (Phi) is 3.72. The number of anilines is 1. The van der Waals surface area contributed by atoms with E-state index in [1.54, 1.807) is 24.4 Å². The van der Waals surface area contributed by atoms with E-state index in [-0.39, 0.29) is 5.75 Å². The van der Waals surface area contributed by atoms with Crippen LogP contribution in [0.4, 0.5) is 5.82 Å². The molecule has 17 heavy (non-hydrogen) atoms. The summed E-state index contributed by atoms with van der Waals surface area (Å²) in [6, 6.07) is 10.7. The maximum absolute atomic E-state index is 9.62. The highest BCUT2D eigenvalue weighted by atomic mass is 79.9. The summed E-state index contributed by atoms with van der Waals surface area (Å²) in [5.74, 6) is 0.825. The molecule has 0 aliphatic rings. The van der Waals surface area contributed by atoms with E-state index >= 15 is 0 Å². The number of phenolic OH excluding ortho intramolecular Hbond substituents is 1. The molecule has 4 nitrogen and oxygen atoms in total. The van der Waals surface area contributed by atoms with Crippen molar-refractivity contribution in [1.82, 2.24) is 4.98 Å². The minimum Gasteiger partial charge on any atom is -0.507 e. The Balaban J connectivity index is 2.06. The summed E-state index contributed by atoms with van der Waals surface area (Å²) in [5.41, 5.74) is 3.41. The Bertz CT molecular complexity index is 529. The van der Waals surface area contributed by atoms with E-state index in [1.807, 2.05) is 18.2 Å². The van der Waals surface area contributed by atoms with Gasteiger partial charge >= 0.3 is 0 Å². The van der Waals surface area contributed by atoms with Crippen molar-refractivity contribution in [2.75, 3.05) is 5.43 Å². The standard InChI is InChI=1S/C12H10BrN3O/c13-10-5-4-9(11(17)7-10)8-15-16-12-3-1-2-6-14-12/h1-8,17H,(H,14,16)/b15-8-. The number of pyridine rings is 1. The van der Waals surface area contributed by atoms with Crippen LogP contribution in [0.2, 0.25) is 0 Å². The summed E-state index contributed by atoms with van der Waals surface area (Å²) in [7, 11) is 0. The minimum atomic E-state index is 0.172. The maximum Gasteiger partial charge on any atom is 0.146 e. The third kappa shape index (κ3) is 3.29. The average Bonchev–Trinajstić information content (AvgIpc) is 2.33. The average molecular weight is 292 g/mol. The molecular formula is C12H10BrN3O. The highest BCUT2D eigenvalue weighted by Gasteiger charge is 1.98. The van der Waals surface area contributed by atoms with Gasteiger partial charge < -0.3 is 5.11 Å². The largest absolute Gasteiger partial charge is 0.507 e. The molecule has 1 aromatic carbocycles. The predicted molar refractivity (Wildman–Crippen MR) is 71.3 cm³/mol. The Hall–Kier alpha value is -1.88. The molecule has 0 amide bonds. The molecule has 0 spiro atoms. The van der Waals surface area contributed by atoms with E-state index in [4.69, 9.17) is 0 Å². The van der Waals surface area contributed by atoms with Crippen LogP contribution in [-0.4, -0.2) is 16.3 Å². The number of phenols is 1. The van der Waals surface area contributed by atoms with Crippen molar-refractivity contribution in [3.05, 3.63) is 52.6 Å². The number of aromatic hydroxyl groups is 1. The monoisotopic (exact) mass is 291 g/mol. The number of hydrazone groups is 1. The number of nitrogens with zero attached hydrogens (tertiary/aromatic N) is 2. The molecule has 2 rings (SSSR count). The first-order valence-corrected chi connectivity index (χ1v) is 5.73. The van der Waals surface area contributed by atoms with Crippen molar-refractivity contribution in [3.63, 3.8) is 0 Å². The van der Waals surface area contributed by atoms with Gasteiger partial charge in [-0.1, -0.05) is 22.0 Å². The first kappa shape index (κ1) is 11.6. The molecular weight excluding hydrogens is 282 g/mol. The Morgan fingerprint density at radius 2 is 2.18 bits per heavy atom. The molecule has 0 saturated carbocycles. The SMILES string of the molecule is Oc1cc(Br)ccc1/C=N\Nc1ccccn1. The van der Waals surface area contributed by atoms with Crippen molar-refractivity contribution in [2.45, 2.75) is 0 Å². The van der Waals surface area contributed by atoms with Crippen molar-refractivity contribution in [2.24, 2.45) is 5.10 Å². The van der Waals surface area contributed by atoms with Crippen LogP contribution in [0.25, 0.3) is 0 Å². The molecule has 0 atom stereocenters.